The van der Waals surface area contributed by atoms with Crippen LogP contribution in [0.15, 0.2) is 60.7 Å². The van der Waals surface area contributed by atoms with Crippen molar-refractivity contribution in [2.45, 2.75) is 83.2 Å². The van der Waals surface area contributed by atoms with Crippen molar-refractivity contribution in [3.8, 4) is 0 Å². The summed E-state index contributed by atoms with van der Waals surface area (Å²) in [6.07, 6.45) is 6.25. The van der Waals surface area contributed by atoms with Gasteiger partial charge in [0.2, 0.25) is 17.7 Å². The van der Waals surface area contributed by atoms with Crippen molar-refractivity contribution in [3.05, 3.63) is 76.8 Å². The van der Waals surface area contributed by atoms with Crippen LogP contribution in [0.3, 0.4) is 0 Å². The highest BCUT2D eigenvalue weighted by molar-refractivity contribution is 6.30. The average Bonchev–Trinajstić information content (AvgIpc) is 3.60. The van der Waals surface area contributed by atoms with Crippen molar-refractivity contribution in [2.24, 2.45) is 23.7 Å². The number of carbonyl (C=O) groups is 3. The summed E-state index contributed by atoms with van der Waals surface area (Å²) in [7, 11) is 0. The molecular weight excluding hydrogens is 550 g/mol. The van der Waals surface area contributed by atoms with E-state index in [2.05, 4.69) is 38.3 Å². The quantitative estimate of drug-likeness (QED) is 0.406. The van der Waals surface area contributed by atoms with Crippen LogP contribution in [0.25, 0.3) is 0 Å². The molecule has 1 saturated carbocycles. The van der Waals surface area contributed by atoms with E-state index in [1.807, 2.05) is 48.6 Å². The van der Waals surface area contributed by atoms with Crippen molar-refractivity contribution < 1.29 is 19.1 Å². The Morgan fingerprint density at radius 3 is 2.45 bits per heavy atom. The molecule has 222 valence electrons. The highest BCUT2D eigenvalue weighted by Crippen LogP contribution is 2.55. The molecule has 3 heterocycles. The summed E-state index contributed by atoms with van der Waals surface area (Å²) in [5.41, 5.74) is 1.50. The highest BCUT2D eigenvalue weighted by Gasteiger charge is 2.72. The number of amides is 3. The first-order valence-electron chi connectivity index (χ1n) is 15.2. The van der Waals surface area contributed by atoms with E-state index in [9.17, 15) is 14.4 Å². The van der Waals surface area contributed by atoms with Crippen molar-refractivity contribution in [1.82, 2.24) is 10.2 Å². The van der Waals surface area contributed by atoms with E-state index in [-0.39, 0.29) is 30.3 Å². The van der Waals surface area contributed by atoms with Gasteiger partial charge in [-0.3, -0.25) is 14.4 Å². The van der Waals surface area contributed by atoms with Gasteiger partial charge in [-0.25, -0.2) is 0 Å². The molecule has 8 heteroatoms. The van der Waals surface area contributed by atoms with Crippen LogP contribution < -0.4 is 10.6 Å². The van der Waals surface area contributed by atoms with E-state index >= 15 is 0 Å². The zero-order chi connectivity index (χ0) is 29.8. The summed E-state index contributed by atoms with van der Waals surface area (Å²) < 4.78 is 6.52. The van der Waals surface area contributed by atoms with Crippen molar-refractivity contribution >= 4 is 35.0 Å². The van der Waals surface area contributed by atoms with Gasteiger partial charge in [0.25, 0.3) is 0 Å². The number of nitrogens with one attached hydrogen (secondary N) is 2. The van der Waals surface area contributed by atoms with Crippen LogP contribution in [0.2, 0.25) is 5.02 Å². The van der Waals surface area contributed by atoms with E-state index in [0.717, 1.165) is 24.8 Å². The first kappa shape index (κ1) is 28.9. The molecule has 3 aliphatic heterocycles. The Morgan fingerprint density at radius 2 is 1.76 bits per heavy atom. The van der Waals surface area contributed by atoms with Crippen LogP contribution in [0.4, 0.5) is 5.69 Å². The lowest BCUT2D eigenvalue weighted by Gasteiger charge is -2.38. The number of hydrogen-bond acceptors (Lipinski definition) is 4. The first-order chi connectivity index (χ1) is 20.1. The molecule has 3 fully saturated rings. The van der Waals surface area contributed by atoms with Crippen molar-refractivity contribution in [3.63, 3.8) is 0 Å². The topological polar surface area (TPSA) is 87.7 Å². The summed E-state index contributed by atoms with van der Waals surface area (Å²) in [5.74, 6) is -1.06. The highest BCUT2D eigenvalue weighted by atomic mass is 35.5. The van der Waals surface area contributed by atoms with Gasteiger partial charge >= 0.3 is 0 Å². The number of carbonyl (C=O) groups excluding carboxylic acids is 3. The maximum atomic E-state index is 14.3. The number of ether oxygens (including phenoxy) is 1. The maximum Gasteiger partial charge on any atom is 0.246 e. The SMILES string of the molecule is CC(C)c1ccc(NC(=O)C2C3C=CC4(O3)C2C(=O)N(Cc2ccc(Cl)cc2)C4C(=O)NC2CCCC(C)C2C)cc1. The third-order valence-corrected chi connectivity index (χ3v) is 10.3. The fourth-order valence-electron chi connectivity index (χ4n) is 7.45. The molecule has 8 unspecified atom stereocenters. The molecule has 0 aromatic heterocycles. The van der Waals surface area contributed by atoms with E-state index < -0.39 is 29.6 Å². The molecular formula is C34H40ClN3O4. The van der Waals surface area contributed by atoms with Gasteiger partial charge in [-0.05, 0) is 59.6 Å². The van der Waals surface area contributed by atoms with Crippen LogP contribution in [0, 0.1) is 23.7 Å². The molecule has 1 aliphatic carbocycles. The standard InChI is InChI=1S/C34H40ClN3O4/c1-19(2)23-10-14-25(15-11-23)36-31(39)28-27-16-17-34(42-27)29(28)33(41)38(18-22-8-12-24(35)13-9-22)30(34)32(40)37-26-7-5-6-20(3)21(26)4/h8-17,19-21,26-30H,5-7,18H2,1-4H3,(H,36,39)(H,37,40). The predicted octanol–water partition coefficient (Wildman–Crippen LogP) is 5.69. The third kappa shape index (κ3) is 4.94. The number of nitrogens with zero attached hydrogens (tertiary/aromatic N) is 1. The van der Waals surface area contributed by atoms with Gasteiger partial charge in [0.15, 0.2) is 0 Å². The molecule has 2 bridgehead atoms. The molecule has 1 spiro atoms. The fourth-order valence-corrected chi connectivity index (χ4v) is 7.57. The molecule has 4 aliphatic rings. The minimum atomic E-state index is -1.20. The minimum absolute atomic E-state index is 0.0275. The second-order valence-electron chi connectivity index (χ2n) is 12.9. The lowest BCUT2D eigenvalue weighted by atomic mass is 9.73. The number of hydrogen-bond donors (Lipinski definition) is 2. The van der Waals surface area contributed by atoms with Crippen molar-refractivity contribution in [2.75, 3.05) is 5.32 Å². The summed E-state index contributed by atoms with van der Waals surface area (Å²) >= 11 is 6.12. The van der Waals surface area contributed by atoms with Crippen LogP contribution in [-0.2, 0) is 25.7 Å². The molecule has 6 rings (SSSR count). The van der Waals surface area contributed by atoms with Gasteiger partial charge in [-0.1, -0.05) is 88.6 Å². The van der Waals surface area contributed by atoms with Crippen LogP contribution in [0.1, 0.15) is 64.0 Å². The average molecular weight is 590 g/mol. The molecule has 2 aromatic rings. The second kappa shape index (κ2) is 11.2. The molecule has 7 nitrogen and oxygen atoms in total. The van der Waals surface area contributed by atoms with Gasteiger partial charge < -0.3 is 20.3 Å². The normalized spacial score (nSPS) is 33.2. The fraction of sp³-hybridized carbons (Fsp3) is 0.500. The summed E-state index contributed by atoms with van der Waals surface area (Å²) in [6, 6.07) is 14.2. The largest absolute Gasteiger partial charge is 0.359 e. The molecule has 8 atom stereocenters. The molecule has 0 radical (unpaired) electrons. The molecule has 3 amide bonds. The predicted molar refractivity (Wildman–Crippen MR) is 163 cm³/mol. The number of anilines is 1. The van der Waals surface area contributed by atoms with Gasteiger partial charge in [-0.15, -0.1) is 0 Å². The number of fused-ring (bicyclic) bond motifs is 1. The first-order valence-corrected chi connectivity index (χ1v) is 15.6. The smallest absolute Gasteiger partial charge is 0.246 e. The van der Waals surface area contributed by atoms with Gasteiger partial charge in [-0.2, -0.15) is 0 Å². The zero-order valence-electron chi connectivity index (χ0n) is 24.7. The Hall–Kier alpha value is -3.16. The Balaban J connectivity index is 1.30. The molecule has 42 heavy (non-hydrogen) atoms. The number of benzene rings is 2. The third-order valence-electron chi connectivity index (χ3n) is 10.1. The number of likely N-dealkylation sites (tertiary alicyclic amines) is 1. The van der Waals surface area contributed by atoms with Crippen LogP contribution in [-0.4, -0.2) is 46.4 Å². The molecule has 2 aromatic carbocycles. The monoisotopic (exact) mass is 589 g/mol. The second-order valence-corrected chi connectivity index (χ2v) is 13.4. The lowest BCUT2D eigenvalue weighted by Crippen LogP contribution is -2.57. The van der Waals surface area contributed by atoms with Crippen molar-refractivity contribution in [1.29, 1.82) is 0 Å². The van der Waals surface area contributed by atoms with Gasteiger partial charge in [0.05, 0.1) is 17.9 Å². The van der Waals surface area contributed by atoms with E-state index in [4.69, 9.17) is 16.3 Å². The Morgan fingerprint density at radius 1 is 1.05 bits per heavy atom. The van der Waals surface area contributed by atoms with E-state index in [1.165, 1.54) is 5.56 Å². The Bertz CT molecular complexity index is 1390. The zero-order valence-corrected chi connectivity index (χ0v) is 25.4. The maximum absolute atomic E-state index is 14.3. The lowest BCUT2D eigenvalue weighted by molar-refractivity contribution is -0.142. The molecule has 2 N–H and O–H groups in total. The van der Waals surface area contributed by atoms with Crippen LogP contribution in [0.5, 0.6) is 0 Å². The van der Waals surface area contributed by atoms with Gasteiger partial charge in [0.1, 0.15) is 11.6 Å². The summed E-state index contributed by atoms with van der Waals surface area (Å²) in [5, 5.41) is 6.92. The molecule has 2 saturated heterocycles. The summed E-state index contributed by atoms with van der Waals surface area (Å²) in [4.78, 5) is 43.9. The Labute approximate surface area is 253 Å². The van der Waals surface area contributed by atoms with E-state index in [0.29, 0.717) is 28.5 Å². The number of rotatable bonds is 7. The summed E-state index contributed by atoms with van der Waals surface area (Å²) in [6.45, 7) is 8.88. The number of halogens is 1. The van der Waals surface area contributed by atoms with Crippen LogP contribution >= 0.6 is 11.6 Å². The van der Waals surface area contributed by atoms with Gasteiger partial charge in [0, 0.05) is 23.3 Å². The Kier molecular flexibility index (Phi) is 7.69. The van der Waals surface area contributed by atoms with E-state index in [1.54, 1.807) is 17.0 Å². The minimum Gasteiger partial charge on any atom is -0.359 e.